The molecule has 2 fully saturated rings. The molecular formula is C43H47F6N4O6+. The second-order valence-electron chi connectivity index (χ2n) is 15.2. The first-order chi connectivity index (χ1) is 27.8. The number of aldehydes is 1. The third-order valence-corrected chi connectivity index (χ3v) is 10.6. The number of nitrogens with zero attached hydrogens (tertiary/aromatic N) is 3. The van der Waals surface area contributed by atoms with Gasteiger partial charge >= 0.3 is 12.1 Å². The highest BCUT2D eigenvalue weighted by Gasteiger charge is 2.39. The summed E-state index contributed by atoms with van der Waals surface area (Å²) in [5.74, 6) is -2.34. The number of carbonyl (C=O) groups excluding carboxylic acids is 2. The number of alkyl halides is 4. The second kappa shape index (κ2) is 18.2. The molecule has 3 aromatic carbocycles. The second-order valence-corrected chi connectivity index (χ2v) is 15.2. The molecule has 1 amide bonds. The van der Waals surface area contributed by atoms with Crippen LogP contribution in [0.4, 0.5) is 32.0 Å². The Morgan fingerprint density at radius 2 is 1.75 bits per heavy atom. The molecule has 1 atom stereocenters. The number of likely N-dealkylation sites (tertiary alicyclic amines) is 1. The maximum atomic E-state index is 15.7. The molecule has 2 N–H and O–H groups in total. The molecular weight excluding hydrogens is 782 g/mol. The van der Waals surface area contributed by atoms with Crippen LogP contribution in [0, 0.1) is 25.5 Å². The van der Waals surface area contributed by atoms with Crippen molar-refractivity contribution in [3.05, 3.63) is 106 Å². The van der Waals surface area contributed by atoms with Crippen molar-refractivity contribution in [3.8, 4) is 22.6 Å². The number of carbonyl (C=O) groups is 3. The Labute approximate surface area is 338 Å². The Bertz CT molecular complexity index is 2160. The van der Waals surface area contributed by atoms with E-state index in [0.29, 0.717) is 42.3 Å². The van der Waals surface area contributed by atoms with E-state index in [0.717, 1.165) is 11.8 Å². The third kappa shape index (κ3) is 10.4. The van der Waals surface area contributed by atoms with Crippen molar-refractivity contribution in [3.63, 3.8) is 0 Å². The number of amides is 1. The monoisotopic (exact) mass is 829 g/mol. The summed E-state index contributed by atoms with van der Waals surface area (Å²) < 4.78 is 99.1. The van der Waals surface area contributed by atoms with Gasteiger partial charge in [-0.25, -0.2) is 13.2 Å². The summed E-state index contributed by atoms with van der Waals surface area (Å²) in [4.78, 5) is 38.1. The maximum absolute atomic E-state index is 15.7. The fourth-order valence-electron chi connectivity index (χ4n) is 7.26. The molecule has 0 saturated carbocycles. The van der Waals surface area contributed by atoms with Gasteiger partial charge in [0.25, 0.3) is 0 Å². The smallest absolute Gasteiger partial charge is 0.416 e. The highest BCUT2D eigenvalue weighted by atomic mass is 19.4. The van der Waals surface area contributed by atoms with Gasteiger partial charge in [-0.2, -0.15) is 13.2 Å². The Morgan fingerprint density at radius 1 is 1.05 bits per heavy atom. The zero-order valence-corrected chi connectivity index (χ0v) is 33.3. The summed E-state index contributed by atoms with van der Waals surface area (Å²) in [5, 5.41) is 11.9. The number of quaternary nitrogens is 1. The number of hydrogen-bond acceptors (Lipinski definition) is 7. The van der Waals surface area contributed by atoms with Crippen LogP contribution in [0.2, 0.25) is 0 Å². The number of benzene rings is 3. The van der Waals surface area contributed by atoms with Crippen molar-refractivity contribution in [2.75, 3.05) is 58.8 Å². The third-order valence-electron chi connectivity index (χ3n) is 10.6. The first kappa shape index (κ1) is 44.6. The lowest BCUT2D eigenvalue weighted by Crippen LogP contribution is -2.51. The minimum Gasteiger partial charge on any atom is -0.481 e. The molecule has 0 radical (unpaired) electrons. The van der Waals surface area contributed by atoms with Crippen molar-refractivity contribution in [2.24, 2.45) is 0 Å². The molecule has 3 aromatic rings. The van der Waals surface area contributed by atoms with E-state index in [2.05, 4.69) is 11.9 Å². The number of hydrogen-bond donors (Lipinski definition) is 2. The van der Waals surface area contributed by atoms with Crippen LogP contribution in [-0.4, -0.2) is 106 Å². The fraction of sp³-hybridized carbons (Fsp3) is 0.372. The quantitative estimate of drug-likeness (QED) is 0.0440. The number of halogens is 6. The van der Waals surface area contributed by atoms with E-state index in [9.17, 15) is 37.1 Å². The normalized spacial score (nSPS) is 16.3. The molecule has 59 heavy (non-hydrogen) atoms. The van der Waals surface area contributed by atoms with E-state index in [-0.39, 0.29) is 77.9 Å². The van der Waals surface area contributed by atoms with Gasteiger partial charge in [-0.05, 0) is 86.0 Å². The van der Waals surface area contributed by atoms with Crippen molar-refractivity contribution in [1.82, 2.24) is 10.2 Å². The van der Waals surface area contributed by atoms with Gasteiger partial charge in [0.2, 0.25) is 6.41 Å². The molecule has 2 aliphatic rings. The average molecular weight is 830 g/mol. The van der Waals surface area contributed by atoms with E-state index in [1.807, 2.05) is 17.9 Å². The van der Waals surface area contributed by atoms with Gasteiger partial charge in [0.1, 0.15) is 47.5 Å². The molecule has 10 nitrogen and oxygen atoms in total. The molecule has 2 saturated heterocycles. The molecule has 5 rings (SSSR count). The standard InChI is InChI=1S/C43H46F6N4O6/c1-25-14-31(52-21-33(22-52)58-6)16-39(41(25)29-13-26(2)42(46)35(15-29)38(50-24-55)18-40(56)57)59-32-7-8-37(45)34(17-32)27(3)53(4,5)23-28(9-11-51-19-30(44)20-51)36(10-12-54)43(47,48)49/h7-8,10,12-17,23-24,30,33,38H,3,9,11,18-22H2,1-2,4-6H3,(H-,50,55,56,57)/p+1/b28-23-,36-10+/t38-/m0/s1. The first-order valence-electron chi connectivity index (χ1n) is 18.7. The van der Waals surface area contributed by atoms with Gasteiger partial charge < -0.3 is 24.8 Å². The van der Waals surface area contributed by atoms with E-state index >= 15 is 8.78 Å². The van der Waals surface area contributed by atoms with Crippen molar-refractivity contribution in [1.29, 1.82) is 0 Å². The predicted molar refractivity (Wildman–Crippen MR) is 210 cm³/mol. The van der Waals surface area contributed by atoms with E-state index in [1.54, 1.807) is 24.1 Å². The number of methoxy groups -OCH3 is 1. The molecule has 0 unspecified atom stereocenters. The summed E-state index contributed by atoms with van der Waals surface area (Å²) in [6, 6.07) is 9.31. The highest BCUT2D eigenvalue weighted by Crippen LogP contribution is 2.43. The topological polar surface area (TPSA) is 108 Å². The van der Waals surface area contributed by atoms with Crippen molar-refractivity contribution >= 4 is 30.0 Å². The largest absolute Gasteiger partial charge is 0.481 e. The van der Waals surface area contributed by atoms with Crippen molar-refractivity contribution < 1.29 is 59.8 Å². The van der Waals surface area contributed by atoms with Crippen LogP contribution in [0.25, 0.3) is 16.8 Å². The van der Waals surface area contributed by atoms with Gasteiger partial charge in [0.15, 0.2) is 0 Å². The number of rotatable bonds is 18. The number of aliphatic carboxylic acids is 1. The maximum Gasteiger partial charge on any atom is 0.416 e. The Kier molecular flexibility index (Phi) is 13.8. The summed E-state index contributed by atoms with van der Waals surface area (Å²) in [7, 11) is 4.62. The number of carboxylic acid groups (broad SMARTS) is 1. The van der Waals surface area contributed by atoms with Gasteiger partial charge in [-0.3, -0.25) is 23.8 Å². The van der Waals surface area contributed by atoms with E-state index in [4.69, 9.17) is 9.47 Å². The lowest BCUT2D eigenvalue weighted by Gasteiger charge is -2.40. The van der Waals surface area contributed by atoms with Crippen LogP contribution >= 0.6 is 0 Å². The van der Waals surface area contributed by atoms with Crippen LogP contribution < -0.4 is 15.0 Å². The molecule has 2 heterocycles. The van der Waals surface area contributed by atoms with E-state index < -0.39 is 52.5 Å². The number of ether oxygens (including phenoxy) is 2. The number of anilines is 1. The Hall–Kier alpha value is -5.45. The van der Waals surface area contributed by atoms with Crippen LogP contribution in [0.3, 0.4) is 0 Å². The molecule has 316 valence electrons. The van der Waals surface area contributed by atoms with Crippen LogP contribution in [0.15, 0.2) is 72.5 Å². The molecule has 0 spiro atoms. The lowest BCUT2D eigenvalue weighted by molar-refractivity contribution is -0.762. The minimum absolute atomic E-state index is 0.000728. The van der Waals surface area contributed by atoms with E-state index in [1.165, 1.54) is 45.4 Å². The van der Waals surface area contributed by atoms with Gasteiger partial charge in [0.05, 0.1) is 43.8 Å². The number of allylic oxidation sites excluding steroid dienone is 2. The average Bonchev–Trinajstić information content (AvgIpc) is 3.11. The predicted octanol–water partition coefficient (Wildman–Crippen LogP) is 7.80. The van der Waals surface area contributed by atoms with Crippen molar-refractivity contribution in [2.45, 2.75) is 51.2 Å². The number of carboxylic acids is 1. The van der Waals surface area contributed by atoms with Gasteiger partial charge in [-0.15, -0.1) is 0 Å². The van der Waals surface area contributed by atoms with Crippen LogP contribution in [-0.2, 0) is 19.1 Å². The molecule has 16 heteroatoms. The molecule has 0 aromatic heterocycles. The molecule has 0 bridgehead atoms. The Morgan fingerprint density at radius 3 is 2.34 bits per heavy atom. The minimum atomic E-state index is -4.90. The number of nitrogens with one attached hydrogen (secondary N) is 1. The molecule has 2 aliphatic heterocycles. The zero-order valence-electron chi connectivity index (χ0n) is 33.3. The zero-order chi connectivity index (χ0) is 43.4. The summed E-state index contributed by atoms with van der Waals surface area (Å²) in [6.45, 7) is 8.79. The molecule has 0 aliphatic carbocycles. The summed E-state index contributed by atoms with van der Waals surface area (Å²) in [5.41, 5.74) is 0.974. The highest BCUT2D eigenvalue weighted by molar-refractivity contribution is 5.79. The fourth-order valence-corrected chi connectivity index (χ4v) is 7.26. The van der Waals surface area contributed by atoms with Gasteiger partial charge in [0, 0.05) is 68.3 Å². The summed E-state index contributed by atoms with van der Waals surface area (Å²) >= 11 is 0. The SMILES string of the molecule is C=C(c1cc(Oc2cc(N3CC(OC)C3)cc(C)c2-c2cc(C)c(F)c([C@H](CC(=O)O)NC=O)c2)ccc1F)[N+](C)(C)/C=C(CCN1CC(F)C1)\C(=C/C=O)C(F)(F)F. The van der Waals surface area contributed by atoms with Gasteiger partial charge in [-0.1, -0.05) is 0 Å². The first-order valence-corrected chi connectivity index (χ1v) is 18.7. The number of aryl methyl sites for hydroxylation is 2. The lowest BCUT2D eigenvalue weighted by atomic mass is 9.91. The van der Waals surface area contributed by atoms with Crippen LogP contribution in [0.5, 0.6) is 11.5 Å². The Balaban J connectivity index is 1.58. The van der Waals surface area contributed by atoms with Crippen LogP contribution in [0.1, 0.15) is 41.1 Å². The summed E-state index contributed by atoms with van der Waals surface area (Å²) in [6.07, 6.45) is -4.74.